The van der Waals surface area contributed by atoms with Crippen molar-refractivity contribution < 1.29 is 25.2 Å². The third kappa shape index (κ3) is 3.11. The van der Waals surface area contributed by atoms with Gasteiger partial charge in [-0.3, -0.25) is 0 Å². The molecule has 0 aliphatic heterocycles. The van der Waals surface area contributed by atoms with Crippen LogP contribution in [0.25, 0.3) is 0 Å². The zero-order valence-electron chi connectivity index (χ0n) is 10.3. The number of phenolic OH excluding ortho intramolecular Hbond substituents is 1. The highest BCUT2D eigenvalue weighted by atomic mass is 16.5. The van der Waals surface area contributed by atoms with Crippen LogP contribution >= 0.6 is 0 Å². The lowest BCUT2D eigenvalue weighted by molar-refractivity contribution is 0.0412. The highest BCUT2D eigenvalue weighted by molar-refractivity contribution is 5.45. The molecular weight excluding hydrogens is 238 g/mol. The van der Waals surface area contributed by atoms with Crippen molar-refractivity contribution in [3.05, 3.63) is 23.8 Å². The van der Waals surface area contributed by atoms with Crippen molar-refractivity contribution in [3.8, 4) is 11.5 Å². The molecule has 0 heterocycles. The highest BCUT2D eigenvalue weighted by Gasteiger charge is 2.27. The van der Waals surface area contributed by atoms with Gasteiger partial charge in [-0.1, -0.05) is 12.1 Å². The fourth-order valence-electron chi connectivity index (χ4n) is 1.48. The summed E-state index contributed by atoms with van der Waals surface area (Å²) in [5.41, 5.74) is -0.621. The van der Waals surface area contributed by atoms with Gasteiger partial charge in [0.15, 0.2) is 11.5 Å². The highest BCUT2D eigenvalue weighted by Crippen LogP contribution is 2.29. The SMILES string of the molecule is COc1cccc(CNC(CO)(CO)CO)c1O. The van der Waals surface area contributed by atoms with Gasteiger partial charge in [-0.25, -0.2) is 0 Å². The average molecular weight is 257 g/mol. The fourth-order valence-corrected chi connectivity index (χ4v) is 1.48. The Hall–Kier alpha value is -1.34. The normalized spacial score (nSPS) is 11.6. The van der Waals surface area contributed by atoms with Gasteiger partial charge in [0.1, 0.15) is 0 Å². The maximum atomic E-state index is 9.85. The molecule has 0 spiro atoms. The fraction of sp³-hybridized carbons (Fsp3) is 0.500. The molecule has 0 saturated heterocycles. The number of hydrogen-bond acceptors (Lipinski definition) is 6. The van der Waals surface area contributed by atoms with Crippen molar-refractivity contribution in [1.29, 1.82) is 0 Å². The number of aliphatic hydroxyl groups excluding tert-OH is 3. The number of para-hydroxylation sites is 1. The van der Waals surface area contributed by atoms with Crippen LogP contribution in [0.1, 0.15) is 5.56 Å². The van der Waals surface area contributed by atoms with Gasteiger partial charge in [-0.2, -0.15) is 0 Å². The lowest BCUT2D eigenvalue weighted by Crippen LogP contribution is -2.54. The van der Waals surface area contributed by atoms with Crippen molar-refractivity contribution in [1.82, 2.24) is 5.32 Å². The number of aliphatic hydroxyl groups is 3. The minimum absolute atomic E-state index is 0.00443. The molecule has 1 aromatic rings. The van der Waals surface area contributed by atoms with E-state index in [-0.39, 0.29) is 12.3 Å². The molecule has 0 aliphatic rings. The lowest BCUT2D eigenvalue weighted by Gasteiger charge is -2.29. The van der Waals surface area contributed by atoms with Crippen LogP contribution in [0.4, 0.5) is 0 Å². The third-order valence-corrected chi connectivity index (χ3v) is 2.86. The van der Waals surface area contributed by atoms with E-state index >= 15 is 0 Å². The van der Waals surface area contributed by atoms with Crippen LogP contribution in [0.5, 0.6) is 11.5 Å². The molecule has 0 atom stereocenters. The second-order valence-electron chi connectivity index (χ2n) is 4.08. The van der Waals surface area contributed by atoms with Crippen molar-refractivity contribution in [3.63, 3.8) is 0 Å². The molecule has 6 heteroatoms. The molecule has 6 nitrogen and oxygen atoms in total. The minimum atomic E-state index is -1.17. The molecule has 1 rings (SSSR count). The molecule has 0 aliphatic carbocycles. The predicted octanol–water partition coefficient (Wildman–Crippen LogP) is -0.794. The predicted molar refractivity (Wildman–Crippen MR) is 65.5 cm³/mol. The summed E-state index contributed by atoms with van der Waals surface area (Å²) in [4.78, 5) is 0. The third-order valence-electron chi connectivity index (χ3n) is 2.86. The van der Waals surface area contributed by atoms with E-state index in [4.69, 9.17) is 20.1 Å². The first-order chi connectivity index (χ1) is 8.62. The molecular formula is C12H19NO5. The number of nitrogens with one attached hydrogen (secondary N) is 1. The van der Waals surface area contributed by atoms with Gasteiger partial charge in [0.05, 0.1) is 32.5 Å². The minimum Gasteiger partial charge on any atom is -0.504 e. The summed E-state index contributed by atoms with van der Waals surface area (Å²) in [6.07, 6.45) is 0. The van der Waals surface area contributed by atoms with Gasteiger partial charge in [0, 0.05) is 12.1 Å². The van der Waals surface area contributed by atoms with Gasteiger partial charge in [-0.05, 0) is 6.07 Å². The molecule has 0 aromatic heterocycles. The van der Waals surface area contributed by atoms with E-state index in [1.807, 2.05) is 0 Å². The standard InChI is InChI=1S/C12H19NO5/c1-18-10-4-2-3-9(11(10)17)5-13-12(6-14,7-15)8-16/h2-4,13-17H,5-8H2,1H3. The molecule has 0 fully saturated rings. The first-order valence-electron chi connectivity index (χ1n) is 5.55. The molecule has 0 unspecified atom stereocenters. The number of methoxy groups -OCH3 is 1. The van der Waals surface area contributed by atoms with E-state index in [1.165, 1.54) is 7.11 Å². The van der Waals surface area contributed by atoms with Gasteiger partial charge in [0.2, 0.25) is 0 Å². The maximum Gasteiger partial charge on any atom is 0.162 e. The maximum absolute atomic E-state index is 9.85. The molecule has 18 heavy (non-hydrogen) atoms. The van der Waals surface area contributed by atoms with Crippen molar-refractivity contribution in [2.75, 3.05) is 26.9 Å². The average Bonchev–Trinajstić information content (AvgIpc) is 2.42. The summed E-state index contributed by atoms with van der Waals surface area (Å²) < 4.78 is 4.97. The summed E-state index contributed by atoms with van der Waals surface area (Å²) in [6.45, 7) is -1.05. The van der Waals surface area contributed by atoms with E-state index in [2.05, 4.69) is 5.32 Å². The summed E-state index contributed by atoms with van der Waals surface area (Å²) in [6, 6.07) is 5.02. The second-order valence-corrected chi connectivity index (χ2v) is 4.08. The van der Waals surface area contributed by atoms with Crippen LogP contribution in [0.15, 0.2) is 18.2 Å². The summed E-state index contributed by atoms with van der Waals surface area (Å²) in [5, 5.41) is 40.1. The summed E-state index contributed by atoms with van der Waals surface area (Å²) >= 11 is 0. The Kier molecular flexibility index (Phi) is 5.36. The molecule has 0 bridgehead atoms. The first kappa shape index (κ1) is 14.7. The van der Waals surface area contributed by atoms with E-state index in [9.17, 15) is 5.11 Å². The van der Waals surface area contributed by atoms with Gasteiger partial charge >= 0.3 is 0 Å². The Bertz CT molecular complexity index is 370. The second kappa shape index (κ2) is 6.55. The van der Waals surface area contributed by atoms with Crippen LogP contribution in [0, 0.1) is 0 Å². The van der Waals surface area contributed by atoms with Gasteiger partial charge in [0.25, 0.3) is 0 Å². The Morgan fingerprint density at radius 2 is 1.78 bits per heavy atom. The molecule has 0 amide bonds. The van der Waals surface area contributed by atoms with E-state index in [1.54, 1.807) is 18.2 Å². The Labute approximate surface area is 105 Å². The van der Waals surface area contributed by atoms with Crippen molar-refractivity contribution in [2.24, 2.45) is 0 Å². The van der Waals surface area contributed by atoms with E-state index in [0.717, 1.165) is 0 Å². The zero-order chi connectivity index (χ0) is 13.6. The molecule has 102 valence electrons. The van der Waals surface area contributed by atoms with E-state index in [0.29, 0.717) is 11.3 Å². The topological polar surface area (TPSA) is 102 Å². The summed E-state index contributed by atoms with van der Waals surface area (Å²) in [5.74, 6) is 0.340. The smallest absolute Gasteiger partial charge is 0.162 e. The number of rotatable bonds is 7. The van der Waals surface area contributed by atoms with Crippen LogP contribution < -0.4 is 10.1 Å². The zero-order valence-corrected chi connectivity index (χ0v) is 10.3. The van der Waals surface area contributed by atoms with Crippen molar-refractivity contribution in [2.45, 2.75) is 12.1 Å². The molecule has 1 aromatic carbocycles. The van der Waals surface area contributed by atoms with Gasteiger partial charge in [-0.15, -0.1) is 0 Å². The first-order valence-corrected chi connectivity index (χ1v) is 5.55. The molecule has 5 N–H and O–H groups in total. The Morgan fingerprint density at radius 1 is 1.17 bits per heavy atom. The summed E-state index contributed by atoms with van der Waals surface area (Å²) in [7, 11) is 1.45. The molecule has 0 radical (unpaired) electrons. The monoisotopic (exact) mass is 257 g/mol. The Balaban J connectivity index is 2.79. The number of phenols is 1. The number of aromatic hydroxyl groups is 1. The largest absolute Gasteiger partial charge is 0.504 e. The number of hydrogen-bond donors (Lipinski definition) is 5. The van der Waals surface area contributed by atoms with Crippen LogP contribution in [-0.2, 0) is 6.54 Å². The van der Waals surface area contributed by atoms with E-state index < -0.39 is 25.4 Å². The van der Waals surface area contributed by atoms with Crippen LogP contribution in [0.2, 0.25) is 0 Å². The van der Waals surface area contributed by atoms with Gasteiger partial charge < -0.3 is 30.5 Å². The Morgan fingerprint density at radius 3 is 2.28 bits per heavy atom. The quantitative estimate of drug-likeness (QED) is 0.438. The van der Waals surface area contributed by atoms with Crippen molar-refractivity contribution >= 4 is 0 Å². The van der Waals surface area contributed by atoms with Crippen LogP contribution in [0.3, 0.4) is 0 Å². The molecule has 0 saturated carbocycles. The number of benzene rings is 1. The number of ether oxygens (including phenoxy) is 1. The lowest BCUT2D eigenvalue weighted by atomic mass is 10.0. The van der Waals surface area contributed by atoms with Crippen LogP contribution in [-0.4, -0.2) is 52.9 Å².